The summed E-state index contributed by atoms with van der Waals surface area (Å²) in [6, 6.07) is 14.2. The Kier molecular flexibility index (Phi) is 4.67. The van der Waals surface area contributed by atoms with Gasteiger partial charge in [-0.3, -0.25) is 0 Å². The summed E-state index contributed by atoms with van der Waals surface area (Å²) in [5.41, 5.74) is 4.46. The molecule has 4 rings (SSSR count). The van der Waals surface area contributed by atoms with Crippen LogP contribution in [-0.4, -0.2) is 11.6 Å². The van der Waals surface area contributed by atoms with Crippen LogP contribution < -0.4 is 5.32 Å². The van der Waals surface area contributed by atoms with E-state index in [1.54, 1.807) is 6.20 Å². The van der Waals surface area contributed by atoms with E-state index in [-0.39, 0.29) is 0 Å². The highest BCUT2D eigenvalue weighted by Crippen LogP contribution is 2.31. The predicted molar refractivity (Wildman–Crippen MR) is 104 cm³/mol. The number of ether oxygens (including phenoxy) is 1. The van der Waals surface area contributed by atoms with Crippen LogP contribution in [0.25, 0.3) is 11.3 Å². The number of hydrogen-bond acceptors (Lipinski definition) is 4. The van der Waals surface area contributed by atoms with E-state index in [1.165, 1.54) is 11.1 Å². The molecule has 2 aromatic carbocycles. The molecule has 26 heavy (non-hydrogen) atoms. The number of nitrogens with one attached hydrogen (secondary N) is 1. The minimum Gasteiger partial charge on any atom is -0.498 e. The van der Waals surface area contributed by atoms with Gasteiger partial charge < -0.3 is 14.5 Å². The van der Waals surface area contributed by atoms with Crippen molar-refractivity contribution >= 4 is 23.3 Å². The van der Waals surface area contributed by atoms with Gasteiger partial charge in [-0.25, -0.2) is 4.98 Å². The average Bonchev–Trinajstić information content (AvgIpc) is 3.12. The van der Waals surface area contributed by atoms with Crippen molar-refractivity contribution in [3.8, 4) is 11.3 Å². The van der Waals surface area contributed by atoms with Crippen LogP contribution in [0, 0.1) is 0 Å². The normalized spacial score (nSPS) is 13.1. The summed E-state index contributed by atoms with van der Waals surface area (Å²) in [4.78, 5) is 4.36. The first-order chi connectivity index (χ1) is 12.7. The molecule has 0 saturated carbocycles. The van der Waals surface area contributed by atoms with Crippen LogP contribution >= 0.6 is 11.6 Å². The zero-order valence-electron chi connectivity index (χ0n) is 14.5. The van der Waals surface area contributed by atoms with E-state index in [9.17, 15) is 0 Å². The van der Waals surface area contributed by atoms with E-state index in [0.29, 0.717) is 23.4 Å². The van der Waals surface area contributed by atoms with E-state index in [0.717, 1.165) is 29.9 Å². The zero-order chi connectivity index (χ0) is 17.9. The lowest BCUT2D eigenvalue weighted by Gasteiger charge is -2.20. The van der Waals surface area contributed by atoms with Gasteiger partial charge in [0, 0.05) is 22.7 Å². The zero-order valence-corrected chi connectivity index (χ0v) is 15.2. The Morgan fingerprint density at radius 3 is 2.85 bits per heavy atom. The molecule has 132 valence electrons. The third-order valence-electron chi connectivity index (χ3n) is 4.38. The number of rotatable bonds is 5. The molecule has 0 spiro atoms. The second-order valence-corrected chi connectivity index (χ2v) is 6.53. The summed E-state index contributed by atoms with van der Waals surface area (Å²) in [6.07, 6.45) is 5.52. The summed E-state index contributed by atoms with van der Waals surface area (Å²) in [5.74, 6) is 1.72. The summed E-state index contributed by atoms with van der Waals surface area (Å²) in [5, 5.41) is 4.00. The van der Waals surface area contributed by atoms with Crippen LogP contribution in [0.5, 0.6) is 0 Å². The van der Waals surface area contributed by atoms with Gasteiger partial charge in [-0.2, -0.15) is 0 Å². The number of anilines is 2. The number of allylic oxidation sites excluding steroid dienone is 2. The van der Waals surface area contributed by atoms with Crippen molar-refractivity contribution in [2.24, 2.45) is 0 Å². The van der Waals surface area contributed by atoms with Gasteiger partial charge in [0.25, 0.3) is 6.01 Å². The molecule has 0 saturated heterocycles. The smallest absolute Gasteiger partial charge is 0.299 e. The number of fused-ring (bicyclic) bond motifs is 1. The van der Waals surface area contributed by atoms with Gasteiger partial charge >= 0.3 is 0 Å². The summed E-state index contributed by atoms with van der Waals surface area (Å²) in [6.45, 7) is 2.69. The summed E-state index contributed by atoms with van der Waals surface area (Å²) >= 11 is 5.94. The number of halogens is 1. The average molecular weight is 367 g/mol. The molecule has 1 N–H and O–H groups in total. The van der Waals surface area contributed by atoms with Gasteiger partial charge in [-0.15, -0.1) is 0 Å². The molecule has 0 unspecified atom stereocenters. The van der Waals surface area contributed by atoms with Gasteiger partial charge in [0.15, 0.2) is 5.76 Å². The second kappa shape index (κ2) is 7.26. The molecule has 5 heteroatoms. The topological polar surface area (TPSA) is 47.3 Å². The lowest BCUT2D eigenvalue weighted by atomic mass is 9.94. The number of aromatic nitrogens is 1. The summed E-state index contributed by atoms with van der Waals surface area (Å²) in [7, 11) is 0. The van der Waals surface area contributed by atoms with Crippen LogP contribution in [-0.2, 0) is 17.6 Å². The highest BCUT2D eigenvalue weighted by Gasteiger charge is 2.17. The number of benzene rings is 2. The number of nitrogens with zero attached hydrogens (tertiary/aromatic N) is 1. The first kappa shape index (κ1) is 16.7. The fourth-order valence-electron chi connectivity index (χ4n) is 3.11. The number of hydrogen-bond donors (Lipinski definition) is 1. The minimum atomic E-state index is 0.468. The molecule has 3 aromatic rings. The van der Waals surface area contributed by atoms with Crippen LogP contribution in [0.3, 0.4) is 0 Å². The molecule has 1 aliphatic carbocycles. The molecule has 0 bridgehead atoms. The fourth-order valence-corrected chi connectivity index (χ4v) is 3.24. The van der Waals surface area contributed by atoms with E-state index >= 15 is 0 Å². The Labute approximate surface area is 157 Å². The first-order valence-electron chi connectivity index (χ1n) is 8.64. The van der Waals surface area contributed by atoms with E-state index in [1.807, 2.05) is 43.3 Å². The van der Waals surface area contributed by atoms with Crippen molar-refractivity contribution < 1.29 is 9.15 Å². The Hall–Kier alpha value is -2.72. The van der Waals surface area contributed by atoms with Gasteiger partial charge in [0.1, 0.15) is 0 Å². The SMILES string of the molecule is CCOC1=CCc2cccc(Nc3ncc(-c4ccc(Cl)cc4)o3)c2C1. The predicted octanol–water partition coefficient (Wildman–Crippen LogP) is 5.76. The van der Waals surface area contributed by atoms with Crippen LogP contribution in [0.1, 0.15) is 18.1 Å². The molecule has 1 aliphatic rings. The molecule has 0 aliphatic heterocycles. The third kappa shape index (κ3) is 3.46. The van der Waals surface area contributed by atoms with Gasteiger partial charge in [0.2, 0.25) is 0 Å². The molecule has 1 aromatic heterocycles. The maximum absolute atomic E-state index is 5.94. The van der Waals surface area contributed by atoms with Gasteiger partial charge in [-0.05, 0) is 60.9 Å². The van der Waals surface area contributed by atoms with Crippen LogP contribution in [0.15, 0.2) is 64.9 Å². The standard InChI is InChI=1S/C21H19ClN2O2/c1-2-25-17-11-8-14-4-3-5-19(18(14)12-17)24-21-23-13-20(26-21)15-6-9-16(22)10-7-15/h3-7,9-11,13H,2,8,12H2,1H3,(H,23,24). The third-order valence-corrected chi connectivity index (χ3v) is 4.63. The van der Waals surface area contributed by atoms with Crippen molar-refractivity contribution in [3.63, 3.8) is 0 Å². The molecule has 0 atom stereocenters. The lowest BCUT2D eigenvalue weighted by Crippen LogP contribution is -2.08. The molecule has 0 fully saturated rings. The first-order valence-corrected chi connectivity index (χ1v) is 9.02. The van der Waals surface area contributed by atoms with Crippen molar-refractivity contribution in [1.29, 1.82) is 0 Å². The van der Waals surface area contributed by atoms with Crippen molar-refractivity contribution in [1.82, 2.24) is 4.98 Å². The maximum Gasteiger partial charge on any atom is 0.299 e. The lowest BCUT2D eigenvalue weighted by molar-refractivity contribution is 0.220. The monoisotopic (exact) mass is 366 g/mol. The minimum absolute atomic E-state index is 0.468. The molecular formula is C21H19ClN2O2. The molecule has 0 amide bonds. The highest BCUT2D eigenvalue weighted by molar-refractivity contribution is 6.30. The van der Waals surface area contributed by atoms with Crippen molar-refractivity contribution in [2.75, 3.05) is 11.9 Å². The maximum atomic E-state index is 5.94. The largest absolute Gasteiger partial charge is 0.498 e. The van der Waals surface area contributed by atoms with Gasteiger partial charge in [-0.1, -0.05) is 23.7 Å². The second-order valence-electron chi connectivity index (χ2n) is 6.09. The fraction of sp³-hybridized carbons (Fsp3) is 0.190. The van der Waals surface area contributed by atoms with Crippen LogP contribution in [0.2, 0.25) is 5.02 Å². The quantitative estimate of drug-likeness (QED) is 0.623. The Balaban J connectivity index is 1.57. The Bertz CT molecular complexity index is 945. The Morgan fingerprint density at radius 2 is 2.04 bits per heavy atom. The van der Waals surface area contributed by atoms with Crippen molar-refractivity contribution in [2.45, 2.75) is 19.8 Å². The van der Waals surface area contributed by atoms with Gasteiger partial charge in [0.05, 0.1) is 18.6 Å². The highest BCUT2D eigenvalue weighted by atomic mass is 35.5. The van der Waals surface area contributed by atoms with E-state index in [2.05, 4.69) is 22.4 Å². The van der Waals surface area contributed by atoms with E-state index in [4.69, 9.17) is 20.8 Å². The van der Waals surface area contributed by atoms with Crippen LogP contribution in [0.4, 0.5) is 11.7 Å². The number of oxazole rings is 1. The summed E-state index contributed by atoms with van der Waals surface area (Å²) < 4.78 is 11.6. The Morgan fingerprint density at radius 1 is 1.19 bits per heavy atom. The molecule has 4 nitrogen and oxygen atoms in total. The molecular weight excluding hydrogens is 348 g/mol. The van der Waals surface area contributed by atoms with Crippen molar-refractivity contribution in [3.05, 3.63) is 76.6 Å². The molecule has 0 radical (unpaired) electrons. The van der Waals surface area contributed by atoms with E-state index < -0.39 is 0 Å². The molecule has 1 heterocycles.